The quantitative estimate of drug-likeness (QED) is 0.651. The molecule has 0 amide bonds. The van der Waals surface area contributed by atoms with Crippen molar-refractivity contribution in [1.82, 2.24) is 0 Å². The van der Waals surface area contributed by atoms with Gasteiger partial charge in [0.05, 0.1) is 0 Å². The van der Waals surface area contributed by atoms with E-state index in [1.807, 2.05) is 54.8 Å². The molecule has 2 aromatic rings. The van der Waals surface area contributed by atoms with E-state index >= 15 is 0 Å². The second kappa shape index (κ2) is 8.77. The average Bonchev–Trinajstić information content (AvgIpc) is 2.43. The number of anilines is 2. The van der Waals surface area contributed by atoms with Crippen LogP contribution in [0.1, 0.15) is 6.92 Å². The molecule has 0 bridgehead atoms. The molecule has 0 aliphatic heterocycles. The van der Waals surface area contributed by atoms with Crippen LogP contribution in [0.3, 0.4) is 0 Å². The van der Waals surface area contributed by atoms with Gasteiger partial charge in [-0.3, -0.25) is 0 Å². The van der Waals surface area contributed by atoms with Gasteiger partial charge in [0.15, 0.2) is 0 Å². The van der Waals surface area contributed by atoms with Gasteiger partial charge in [-0.2, -0.15) is 0 Å². The van der Waals surface area contributed by atoms with Crippen LogP contribution < -0.4 is 11.5 Å². The molecule has 0 saturated carbocycles. The maximum Gasteiger partial charge on any atom is 0.0452 e. The Kier molecular flexibility index (Phi) is 7.30. The van der Waals surface area contributed by atoms with E-state index in [1.165, 1.54) is 4.90 Å². The van der Waals surface area contributed by atoms with Crippen molar-refractivity contribution < 1.29 is 0 Å². The summed E-state index contributed by atoms with van der Waals surface area (Å²) in [5, 5.41) is 0. The van der Waals surface area contributed by atoms with Crippen molar-refractivity contribution in [3.05, 3.63) is 48.5 Å². The third kappa shape index (κ3) is 5.49. The van der Waals surface area contributed by atoms with Crippen LogP contribution in [0.25, 0.3) is 0 Å². The Morgan fingerprint density at radius 1 is 0.842 bits per heavy atom. The van der Waals surface area contributed by atoms with Crippen molar-refractivity contribution >= 4 is 34.9 Å². The van der Waals surface area contributed by atoms with Crippen LogP contribution in [-0.4, -0.2) is 12.0 Å². The SMILES string of the molecule is CCSc1ccccc1N.CSc1ccccc1N. The van der Waals surface area contributed by atoms with E-state index in [2.05, 4.69) is 6.92 Å². The molecular formula is C15H20N2S2. The first-order chi connectivity index (χ1) is 9.19. The van der Waals surface area contributed by atoms with Crippen LogP contribution in [0.5, 0.6) is 0 Å². The third-order valence-electron chi connectivity index (χ3n) is 2.36. The standard InChI is InChI=1S/C8H11NS.C7H9NS/c1-2-10-8-6-4-3-5-7(8)9;1-9-7-5-3-2-4-6(7)8/h3-6H,2,9H2,1H3;2-5H,8H2,1H3. The lowest BCUT2D eigenvalue weighted by Crippen LogP contribution is -1.86. The largest absolute Gasteiger partial charge is 0.398 e. The minimum atomic E-state index is 0.866. The highest BCUT2D eigenvalue weighted by molar-refractivity contribution is 7.99. The molecule has 0 atom stereocenters. The highest BCUT2D eigenvalue weighted by Gasteiger charge is 1.94. The fourth-order valence-corrected chi connectivity index (χ4v) is 2.67. The highest BCUT2D eigenvalue weighted by atomic mass is 32.2. The summed E-state index contributed by atoms with van der Waals surface area (Å²) >= 11 is 3.45. The fourth-order valence-electron chi connectivity index (χ4n) is 1.43. The Bertz CT molecular complexity index is 501. The van der Waals surface area contributed by atoms with Crippen LogP contribution >= 0.6 is 23.5 Å². The number of para-hydroxylation sites is 2. The van der Waals surface area contributed by atoms with Gasteiger partial charge >= 0.3 is 0 Å². The van der Waals surface area contributed by atoms with Crippen LogP contribution in [0.15, 0.2) is 58.3 Å². The summed E-state index contributed by atoms with van der Waals surface area (Å²) in [5.41, 5.74) is 13.0. The monoisotopic (exact) mass is 292 g/mol. The molecule has 0 saturated heterocycles. The Morgan fingerprint density at radius 3 is 1.68 bits per heavy atom. The van der Waals surface area contributed by atoms with Crippen LogP contribution in [-0.2, 0) is 0 Å². The first-order valence-corrected chi connectivity index (χ1v) is 8.25. The van der Waals surface area contributed by atoms with Crippen molar-refractivity contribution in [3.63, 3.8) is 0 Å². The summed E-state index contributed by atoms with van der Waals surface area (Å²) in [6.07, 6.45) is 2.02. The fraction of sp³-hybridized carbons (Fsp3) is 0.200. The van der Waals surface area contributed by atoms with Crippen LogP contribution in [0.2, 0.25) is 0 Å². The second-order valence-electron chi connectivity index (χ2n) is 3.71. The van der Waals surface area contributed by atoms with E-state index in [1.54, 1.807) is 23.5 Å². The zero-order valence-corrected chi connectivity index (χ0v) is 12.9. The predicted octanol–water partition coefficient (Wildman–Crippen LogP) is 4.37. The number of thioether (sulfide) groups is 2. The molecule has 0 aliphatic rings. The minimum absolute atomic E-state index is 0.866. The molecule has 2 aromatic carbocycles. The zero-order chi connectivity index (χ0) is 14.1. The van der Waals surface area contributed by atoms with E-state index in [9.17, 15) is 0 Å². The number of nitrogen functional groups attached to an aromatic ring is 2. The first kappa shape index (κ1) is 15.8. The molecule has 2 nitrogen and oxygen atoms in total. The number of rotatable bonds is 3. The summed E-state index contributed by atoms with van der Waals surface area (Å²) in [4.78, 5) is 2.34. The Morgan fingerprint density at radius 2 is 1.32 bits per heavy atom. The minimum Gasteiger partial charge on any atom is -0.398 e. The van der Waals surface area contributed by atoms with Crippen molar-refractivity contribution in [2.24, 2.45) is 0 Å². The molecule has 2 rings (SSSR count). The van der Waals surface area contributed by atoms with Gasteiger partial charge in [-0.15, -0.1) is 23.5 Å². The van der Waals surface area contributed by atoms with E-state index < -0.39 is 0 Å². The molecule has 0 spiro atoms. The van der Waals surface area contributed by atoms with E-state index in [4.69, 9.17) is 11.5 Å². The van der Waals surface area contributed by atoms with Gasteiger partial charge in [0.2, 0.25) is 0 Å². The summed E-state index contributed by atoms with van der Waals surface area (Å²) in [7, 11) is 0. The maximum absolute atomic E-state index is 5.69. The Labute approximate surface area is 124 Å². The lowest BCUT2D eigenvalue weighted by atomic mass is 10.3. The molecule has 0 radical (unpaired) electrons. The van der Waals surface area contributed by atoms with Gasteiger partial charge in [0.25, 0.3) is 0 Å². The number of benzene rings is 2. The molecule has 0 aromatic heterocycles. The van der Waals surface area contributed by atoms with Gasteiger partial charge in [0.1, 0.15) is 0 Å². The molecule has 102 valence electrons. The Hall–Kier alpha value is -1.26. The predicted molar refractivity (Wildman–Crippen MR) is 89.9 cm³/mol. The summed E-state index contributed by atoms with van der Waals surface area (Å²) in [5.74, 6) is 1.08. The maximum atomic E-state index is 5.69. The summed E-state index contributed by atoms with van der Waals surface area (Å²) < 4.78 is 0. The molecule has 0 heterocycles. The molecule has 0 fully saturated rings. The van der Waals surface area contributed by atoms with E-state index in [0.717, 1.165) is 22.0 Å². The molecule has 4 heteroatoms. The van der Waals surface area contributed by atoms with Crippen molar-refractivity contribution in [3.8, 4) is 0 Å². The topological polar surface area (TPSA) is 52.0 Å². The summed E-state index contributed by atoms with van der Waals surface area (Å²) in [6.45, 7) is 2.12. The Balaban J connectivity index is 0.000000191. The molecule has 0 unspecified atom stereocenters. The van der Waals surface area contributed by atoms with Crippen LogP contribution in [0.4, 0.5) is 11.4 Å². The molecule has 19 heavy (non-hydrogen) atoms. The van der Waals surface area contributed by atoms with Crippen molar-refractivity contribution in [2.75, 3.05) is 23.5 Å². The normalized spacial score (nSPS) is 9.58. The van der Waals surface area contributed by atoms with Crippen molar-refractivity contribution in [2.45, 2.75) is 16.7 Å². The molecule has 4 N–H and O–H groups in total. The van der Waals surface area contributed by atoms with Gasteiger partial charge in [-0.25, -0.2) is 0 Å². The smallest absolute Gasteiger partial charge is 0.0452 e. The van der Waals surface area contributed by atoms with Gasteiger partial charge in [0, 0.05) is 21.2 Å². The third-order valence-corrected chi connectivity index (χ3v) is 4.14. The van der Waals surface area contributed by atoms with Gasteiger partial charge < -0.3 is 11.5 Å². The summed E-state index contributed by atoms with van der Waals surface area (Å²) in [6, 6.07) is 15.8. The van der Waals surface area contributed by atoms with Crippen molar-refractivity contribution in [1.29, 1.82) is 0 Å². The second-order valence-corrected chi connectivity index (χ2v) is 5.87. The molecular weight excluding hydrogens is 272 g/mol. The highest BCUT2D eigenvalue weighted by Crippen LogP contribution is 2.23. The molecule has 0 aliphatic carbocycles. The van der Waals surface area contributed by atoms with E-state index in [-0.39, 0.29) is 0 Å². The lowest BCUT2D eigenvalue weighted by molar-refractivity contribution is 1.43. The van der Waals surface area contributed by atoms with E-state index in [0.29, 0.717) is 0 Å². The van der Waals surface area contributed by atoms with Gasteiger partial charge in [-0.1, -0.05) is 31.2 Å². The number of hydrogen-bond donors (Lipinski definition) is 2. The first-order valence-electron chi connectivity index (χ1n) is 6.04. The zero-order valence-electron chi connectivity index (χ0n) is 11.3. The van der Waals surface area contributed by atoms with Crippen LogP contribution in [0, 0.1) is 0 Å². The lowest BCUT2D eigenvalue weighted by Gasteiger charge is -2.00. The number of nitrogens with two attached hydrogens (primary N) is 2. The average molecular weight is 292 g/mol. The number of hydrogen-bond acceptors (Lipinski definition) is 4. The van der Waals surface area contributed by atoms with Gasteiger partial charge in [-0.05, 0) is 36.3 Å².